The van der Waals surface area contributed by atoms with E-state index in [4.69, 9.17) is 9.84 Å². The summed E-state index contributed by atoms with van der Waals surface area (Å²) in [5.74, 6) is 0.393. The minimum absolute atomic E-state index is 0.270. The van der Waals surface area contributed by atoms with Crippen LogP contribution in [0.4, 0.5) is 5.69 Å². The first-order valence-corrected chi connectivity index (χ1v) is 7.19. The number of hydrogen-bond acceptors (Lipinski definition) is 3. The molecule has 2 unspecified atom stereocenters. The third-order valence-electron chi connectivity index (χ3n) is 3.68. The molecule has 0 saturated carbocycles. The van der Waals surface area contributed by atoms with Crippen LogP contribution in [0.2, 0.25) is 0 Å². The van der Waals surface area contributed by atoms with Gasteiger partial charge in [0.1, 0.15) is 5.75 Å². The normalized spacial score (nSPS) is 13.6. The van der Waals surface area contributed by atoms with Gasteiger partial charge in [0.25, 0.3) is 0 Å². The van der Waals surface area contributed by atoms with Crippen molar-refractivity contribution in [1.82, 2.24) is 0 Å². The second-order valence-electron chi connectivity index (χ2n) is 5.22. The maximum atomic E-state index is 11.1. The molecule has 1 aromatic rings. The zero-order valence-corrected chi connectivity index (χ0v) is 12.8. The topological polar surface area (TPSA) is 58.6 Å². The van der Waals surface area contributed by atoms with Crippen LogP contribution in [0.25, 0.3) is 0 Å². The van der Waals surface area contributed by atoms with Gasteiger partial charge in [0, 0.05) is 6.04 Å². The van der Waals surface area contributed by atoms with E-state index in [1.54, 1.807) is 25.3 Å². The predicted octanol–water partition coefficient (Wildman–Crippen LogP) is 4.02. The highest BCUT2D eigenvalue weighted by Crippen LogP contribution is 2.28. The van der Waals surface area contributed by atoms with Crippen molar-refractivity contribution in [2.24, 2.45) is 5.92 Å². The largest absolute Gasteiger partial charge is 0.495 e. The molecule has 0 aliphatic rings. The molecule has 4 nitrogen and oxygen atoms in total. The molecule has 20 heavy (non-hydrogen) atoms. The summed E-state index contributed by atoms with van der Waals surface area (Å²) in [7, 11) is 1.59. The average molecular weight is 279 g/mol. The molecule has 0 aliphatic carbocycles. The summed E-state index contributed by atoms with van der Waals surface area (Å²) in [6.07, 6.45) is 3.20. The molecule has 0 fully saturated rings. The standard InChI is InChI=1S/C16H25NO3/c1-5-11(3)9-13(6-2)17-14-10-12(16(18)19)7-8-15(14)20-4/h7-8,10-11,13,17H,5-6,9H2,1-4H3,(H,18,19). The molecular formula is C16H25NO3. The Morgan fingerprint density at radius 2 is 2.05 bits per heavy atom. The van der Waals surface area contributed by atoms with E-state index < -0.39 is 5.97 Å². The Hall–Kier alpha value is -1.71. The van der Waals surface area contributed by atoms with E-state index in [0.717, 1.165) is 24.9 Å². The van der Waals surface area contributed by atoms with Gasteiger partial charge in [0.15, 0.2) is 0 Å². The van der Waals surface area contributed by atoms with Crippen LogP contribution in [0.1, 0.15) is 50.4 Å². The van der Waals surface area contributed by atoms with Gasteiger partial charge in [0.2, 0.25) is 0 Å². The highest BCUT2D eigenvalue weighted by molar-refractivity contribution is 5.89. The molecule has 0 aromatic heterocycles. The number of aromatic carboxylic acids is 1. The fourth-order valence-electron chi connectivity index (χ4n) is 2.15. The summed E-state index contributed by atoms with van der Waals surface area (Å²) < 4.78 is 5.30. The van der Waals surface area contributed by atoms with Crippen molar-refractivity contribution in [2.45, 2.75) is 46.1 Å². The SMILES string of the molecule is CCC(C)CC(CC)Nc1cc(C(=O)O)ccc1OC. The van der Waals surface area contributed by atoms with Crippen LogP contribution < -0.4 is 10.1 Å². The van der Waals surface area contributed by atoms with Crippen LogP contribution in [0.15, 0.2) is 18.2 Å². The molecule has 112 valence electrons. The molecule has 2 atom stereocenters. The van der Waals surface area contributed by atoms with Crippen LogP contribution in [-0.4, -0.2) is 24.2 Å². The first kappa shape index (κ1) is 16.3. The molecule has 0 spiro atoms. The van der Waals surface area contributed by atoms with Gasteiger partial charge in [-0.05, 0) is 37.0 Å². The van der Waals surface area contributed by atoms with Crippen molar-refractivity contribution in [1.29, 1.82) is 0 Å². The Morgan fingerprint density at radius 1 is 1.35 bits per heavy atom. The number of rotatable bonds is 8. The van der Waals surface area contributed by atoms with Crippen LogP contribution in [-0.2, 0) is 0 Å². The smallest absolute Gasteiger partial charge is 0.335 e. The summed E-state index contributed by atoms with van der Waals surface area (Å²) in [5, 5.41) is 12.5. The van der Waals surface area contributed by atoms with Gasteiger partial charge >= 0.3 is 5.97 Å². The number of ether oxygens (including phenoxy) is 1. The van der Waals surface area contributed by atoms with Crippen LogP contribution >= 0.6 is 0 Å². The van der Waals surface area contributed by atoms with Gasteiger partial charge in [-0.2, -0.15) is 0 Å². The average Bonchev–Trinajstić information content (AvgIpc) is 2.45. The Balaban J connectivity index is 2.92. The summed E-state index contributed by atoms with van der Waals surface area (Å²) in [5.41, 5.74) is 1.02. The molecule has 0 amide bonds. The second kappa shape index (κ2) is 7.78. The van der Waals surface area contributed by atoms with E-state index in [1.807, 2.05) is 0 Å². The monoisotopic (exact) mass is 279 g/mol. The maximum absolute atomic E-state index is 11.1. The molecule has 1 rings (SSSR count). The van der Waals surface area contributed by atoms with Crippen LogP contribution in [0.3, 0.4) is 0 Å². The van der Waals surface area contributed by atoms with Crippen molar-refractivity contribution < 1.29 is 14.6 Å². The van der Waals surface area contributed by atoms with E-state index in [-0.39, 0.29) is 5.56 Å². The number of methoxy groups -OCH3 is 1. The highest BCUT2D eigenvalue weighted by Gasteiger charge is 2.14. The Bertz CT molecular complexity index is 445. The first-order valence-electron chi connectivity index (χ1n) is 7.19. The number of nitrogens with one attached hydrogen (secondary N) is 1. The fraction of sp³-hybridized carbons (Fsp3) is 0.562. The maximum Gasteiger partial charge on any atom is 0.335 e. The predicted molar refractivity (Wildman–Crippen MR) is 81.7 cm³/mol. The van der Waals surface area contributed by atoms with E-state index >= 15 is 0 Å². The molecular weight excluding hydrogens is 254 g/mol. The van der Waals surface area contributed by atoms with E-state index in [2.05, 4.69) is 26.1 Å². The van der Waals surface area contributed by atoms with Gasteiger partial charge in [-0.1, -0.05) is 27.2 Å². The van der Waals surface area contributed by atoms with E-state index in [1.165, 1.54) is 0 Å². The number of benzene rings is 1. The minimum atomic E-state index is -0.925. The van der Waals surface area contributed by atoms with Gasteiger partial charge in [0.05, 0.1) is 18.4 Å². The van der Waals surface area contributed by atoms with Crippen molar-refractivity contribution in [3.63, 3.8) is 0 Å². The van der Waals surface area contributed by atoms with Gasteiger partial charge < -0.3 is 15.2 Å². The lowest BCUT2D eigenvalue weighted by Gasteiger charge is -2.23. The van der Waals surface area contributed by atoms with Gasteiger partial charge in [-0.3, -0.25) is 0 Å². The van der Waals surface area contributed by atoms with Crippen molar-refractivity contribution in [2.75, 3.05) is 12.4 Å². The molecule has 0 saturated heterocycles. The number of carbonyl (C=O) groups is 1. The zero-order valence-electron chi connectivity index (χ0n) is 12.8. The summed E-state index contributed by atoms with van der Waals surface area (Å²) >= 11 is 0. The van der Waals surface area contributed by atoms with Crippen LogP contribution in [0.5, 0.6) is 5.75 Å². The van der Waals surface area contributed by atoms with Crippen LogP contribution in [0, 0.1) is 5.92 Å². The molecule has 1 aromatic carbocycles. The number of anilines is 1. The molecule has 4 heteroatoms. The Kier molecular flexibility index (Phi) is 6.36. The fourth-order valence-corrected chi connectivity index (χ4v) is 2.15. The number of carboxylic acids is 1. The Morgan fingerprint density at radius 3 is 2.55 bits per heavy atom. The molecule has 2 N–H and O–H groups in total. The van der Waals surface area contributed by atoms with Crippen molar-refractivity contribution in [3.8, 4) is 5.75 Å². The Labute approximate surface area is 121 Å². The molecule has 0 aliphatic heterocycles. The summed E-state index contributed by atoms with van der Waals surface area (Å²) in [6.45, 7) is 6.55. The summed E-state index contributed by atoms with van der Waals surface area (Å²) in [4.78, 5) is 11.1. The molecule has 0 radical (unpaired) electrons. The number of carboxylic acid groups (broad SMARTS) is 1. The lowest BCUT2D eigenvalue weighted by Crippen LogP contribution is -2.21. The third kappa shape index (κ3) is 4.44. The number of hydrogen-bond donors (Lipinski definition) is 2. The van der Waals surface area contributed by atoms with Crippen molar-refractivity contribution >= 4 is 11.7 Å². The lowest BCUT2D eigenvalue weighted by atomic mass is 9.97. The van der Waals surface area contributed by atoms with E-state index in [0.29, 0.717) is 17.7 Å². The second-order valence-corrected chi connectivity index (χ2v) is 5.22. The van der Waals surface area contributed by atoms with E-state index in [9.17, 15) is 4.79 Å². The molecule has 0 heterocycles. The van der Waals surface area contributed by atoms with Crippen molar-refractivity contribution in [3.05, 3.63) is 23.8 Å². The summed E-state index contributed by atoms with van der Waals surface area (Å²) in [6, 6.07) is 5.22. The van der Waals surface area contributed by atoms with Gasteiger partial charge in [-0.15, -0.1) is 0 Å². The highest BCUT2D eigenvalue weighted by atomic mass is 16.5. The lowest BCUT2D eigenvalue weighted by molar-refractivity contribution is 0.0697. The zero-order chi connectivity index (χ0) is 15.1. The minimum Gasteiger partial charge on any atom is -0.495 e. The third-order valence-corrected chi connectivity index (χ3v) is 3.68. The van der Waals surface area contributed by atoms with Gasteiger partial charge in [-0.25, -0.2) is 4.79 Å². The first-order chi connectivity index (χ1) is 9.51. The molecule has 0 bridgehead atoms. The quantitative estimate of drug-likeness (QED) is 0.754.